The van der Waals surface area contributed by atoms with Crippen molar-refractivity contribution in [2.45, 2.75) is 44.9 Å². The highest BCUT2D eigenvalue weighted by atomic mass is 35.5. The standard InChI is InChI=1S/C21H30ClN5O2S/c1-5-8-26-9-11-27(12-10-26)21-23-14-19(16(4)24-21)25-30(28,29)20-7-6-17(15(2)3)13-18(20)22/h6-7,13-15,25H,5,8-12H2,1-4H3. The van der Waals surface area contributed by atoms with Crippen LogP contribution in [0.5, 0.6) is 0 Å². The Kier molecular flexibility index (Phi) is 7.21. The van der Waals surface area contributed by atoms with Crippen molar-refractivity contribution in [2.24, 2.45) is 0 Å². The van der Waals surface area contributed by atoms with Crippen molar-refractivity contribution in [3.05, 3.63) is 40.7 Å². The van der Waals surface area contributed by atoms with E-state index in [0.717, 1.165) is 44.7 Å². The third-order valence-electron chi connectivity index (χ3n) is 5.32. The summed E-state index contributed by atoms with van der Waals surface area (Å²) in [6.45, 7) is 12.8. The number of halogens is 1. The quantitative estimate of drug-likeness (QED) is 0.687. The van der Waals surface area contributed by atoms with Crippen molar-refractivity contribution in [1.29, 1.82) is 0 Å². The first-order valence-electron chi connectivity index (χ1n) is 10.3. The Bertz CT molecular complexity index is 989. The van der Waals surface area contributed by atoms with E-state index in [9.17, 15) is 8.42 Å². The second kappa shape index (κ2) is 9.49. The van der Waals surface area contributed by atoms with Crippen LogP contribution in [-0.2, 0) is 10.0 Å². The Labute approximate surface area is 184 Å². The molecule has 30 heavy (non-hydrogen) atoms. The summed E-state index contributed by atoms with van der Waals surface area (Å²) in [6.07, 6.45) is 2.68. The molecule has 1 aromatic carbocycles. The maximum absolute atomic E-state index is 12.9. The molecule has 1 saturated heterocycles. The van der Waals surface area contributed by atoms with E-state index in [4.69, 9.17) is 11.6 Å². The molecule has 0 aliphatic carbocycles. The monoisotopic (exact) mass is 451 g/mol. The maximum atomic E-state index is 12.9. The van der Waals surface area contributed by atoms with Crippen LogP contribution in [0.15, 0.2) is 29.3 Å². The molecule has 7 nitrogen and oxygen atoms in total. The fraction of sp³-hybridized carbons (Fsp3) is 0.524. The Balaban J connectivity index is 1.74. The predicted octanol–water partition coefficient (Wildman–Crippen LogP) is 3.89. The Morgan fingerprint density at radius 1 is 1.20 bits per heavy atom. The lowest BCUT2D eigenvalue weighted by atomic mass is 10.0. The average Bonchev–Trinajstić information content (AvgIpc) is 2.70. The fourth-order valence-corrected chi connectivity index (χ4v) is 5.15. The Morgan fingerprint density at radius 2 is 1.90 bits per heavy atom. The zero-order chi connectivity index (χ0) is 21.9. The molecule has 2 aromatic rings. The largest absolute Gasteiger partial charge is 0.338 e. The molecule has 1 aliphatic rings. The first-order chi connectivity index (χ1) is 14.2. The van der Waals surface area contributed by atoms with E-state index in [1.807, 2.05) is 13.8 Å². The zero-order valence-corrected chi connectivity index (χ0v) is 19.6. The van der Waals surface area contributed by atoms with Crippen LogP contribution in [0.3, 0.4) is 0 Å². The summed E-state index contributed by atoms with van der Waals surface area (Å²) < 4.78 is 28.3. The molecule has 1 aliphatic heterocycles. The zero-order valence-electron chi connectivity index (χ0n) is 18.0. The number of aryl methyl sites for hydroxylation is 1. The highest BCUT2D eigenvalue weighted by molar-refractivity contribution is 7.92. The molecule has 0 saturated carbocycles. The van der Waals surface area contributed by atoms with Crippen LogP contribution in [0.25, 0.3) is 0 Å². The lowest BCUT2D eigenvalue weighted by Crippen LogP contribution is -2.47. The number of nitrogens with one attached hydrogen (secondary N) is 1. The third-order valence-corrected chi connectivity index (χ3v) is 7.17. The number of anilines is 2. The lowest BCUT2D eigenvalue weighted by Gasteiger charge is -2.34. The van der Waals surface area contributed by atoms with Crippen molar-refractivity contribution < 1.29 is 8.42 Å². The number of aromatic nitrogens is 2. The third kappa shape index (κ3) is 5.22. The van der Waals surface area contributed by atoms with Gasteiger partial charge in [-0.1, -0.05) is 38.4 Å². The van der Waals surface area contributed by atoms with Gasteiger partial charge in [0.15, 0.2) is 0 Å². The van der Waals surface area contributed by atoms with Gasteiger partial charge in [-0.2, -0.15) is 0 Å². The number of sulfonamides is 1. The molecule has 1 N–H and O–H groups in total. The number of hydrogen-bond acceptors (Lipinski definition) is 6. The minimum absolute atomic E-state index is 0.0455. The number of piperazine rings is 1. The summed E-state index contributed by atoms with van der Waals surface area (Å²) >= 11 is 6.26. The van der Waals surface area contributed by atoms with Gasteiger partial charge >= 0.3 is 0 Å². The predicted molar refractivity (Wildman–Crippen MR) is 122 cm³/mol. The van der Waals surface area contributed by atoms with Gasteiger partial charge in [-0.3, -0.25) is 9.62 Å². The van der Waals surface area contributed by atoms with Crippen molar-refractivity contribution in [1.82, 2.24) is 14.9 Å². The molecule has 164 valence electrons. The van der Waals surface area contributed by atoms with Gasteiger partial charge in [0.2, 0.25) is 5.95 Å². The van der Waals surface area contributed by atoms with Crippen LogP contribution < -0.4 is 9.62 Å². The fourth-order valence-electron chi connectivity index (χ4n) is 3.49. The van der Waals surface area contributed by atoms with Crippen LogP contribution in [0, 0.1) is 6.92 Å². The maximum Gasteiger partial charge on any atom is 0.263 e. The molecular formula is C21H30ClN5O2S. The van der Waals surface area contributed by atoms with Gasteiger partial charge in [0.05, 0.1) is 22.6 Å². The van der Waals surface area contributed by atoms with Crippen molar-refractivity contribution in [2.75, 3.05) is 42.3 Å². The Morgan fingerprint density at radius 3 is 2.47 bits per heavy atom. The molecule has 3 rings (SSSR count). The lowest BCUT2D eigenvalue weighted by molar-refractivity contribution is 0.257. The Hall–Kier alpha value is -1.90. The van der Waals surface area contributed by atoms with E-state index in [-0.39, 0.29) is 15.8 Å². The van der Waals surface area contributed by atoms with Gasteiger partial charge in [-0.05, 0) is 43.5 Å². The summed E-state index contributed by atoms with van der Waals surface area (Å²) in [6, 6.07) is 5.03. The number of benzene rings is 1. The molecule has 0 spiro atoms. The molecule has 1 aromatic heterocycles. The van der Waals surface area contributed by atoms with Crippen molar-refractivity contribution >= 4 is 33.3 Å². The van der Waals surface area contributed by atoms with Crippen LogP contribution in [-0.4, -0.2) is 56.0 Å². The van der Waals surface area contributed by atoms with E-state index < -0.39 is 10.0 Å². The second-order valence-corrected chi connectivity index (χ2v) is 10.0. The van der Waals surface area contributed by atoms with Crippen LogP contribution in [0.4, 0.5) is 11.6 Å². The summed E-state index contributed by atoms with van der Waals surface area (Å²) in [5.41, 5.74) is 1.92. The normalized spacial score (nSPS) is 15.6. The van der Waals surface area contributed by atoms with Crippen LogP contribution in [0.1, 0.15) is 44.4 Å². The van der Waals surface area contributed by atoms with Gasteiger partial charge in [-0.15, -0.1) is 0 Å². The highest BCUT2D eigenvalue weighted by Gasteiger charge is 2.22. The van der Waals surface area contributed by atoms with E-state index in [0.29, 0.717) is 17.3 Å². The molecular weight excluding hydrogens is 422 g/mol. The van der Waals surface area contributed by atoms with E-state index >= 15 is 0 Å². The highest BCUT2D eigenvalue weighted by Crippen LogP contribution is 2.28. The van der Waals surface area contributed by atoms with Crippen LogP contribution >= 0.6 is 11.6 Å². The summed E-state index contributed by atoms with van der Waals surface area (Å²) in [5.74, 6) is 0.894. The number of hydrogen-bond donors (Lipinski definition) is 1. The van der Waals surface area contributed by atoms with Gasteiger partial charge < -0.3 is 4.90 Å². The first-order valence-corrected chi connectivity index (χ1v) is 12.2. The van der Waals surface area contributed by atoms with Gasteiger partial charge in [0, 0.05) is 26.2 Å². The topological polar surface area (TPSA) is 78.4 Å². The van der Waals surface area contributed by atoms with E-state index in [1.54, 1.807) is 25.1 Å². The molecule has 0 amide bonds. The van der Waals surface area contributed by atoms with Crippen molar-refractivity contribution in [3.63, 3.8) is 0 Å². The van der Waals surface area contributed by atoms with Gasteiger partial charge in [0.1, 0.15) is 4.90 Å². The number of nitrogens with zero attached hydrogens (tertiary/aromatic N) is 4. The molecule has 0 unspecified atom stereocenters. The van der Waals surface area contributed by atoms with Gasteiger partial charge in [0.25, 0.3) is 10.0 Å². The van der Waals surface area contributed by atoms with Crippen LogP contribution in [0.2, 0.25) is 5.02 Å². The average molecular weight is 452 g/mol. The summed E-state index contributed by atoms with van der Waals surface area (Å²) in [4.78, 5) is 13.6. The van der Waals surface area contributed by atoms with E-state index in [2.05, 4.69) is 31.4 Å². The first kappa shape index (κ1) is 22.8. The smallest absolute Gasteiger partial charge is 0.263 e. The molecule has 1 fully saturated rings. The van der Waals surface area contributed by atoms with Gasteiger partial charge in [-0.25, -0.2) is 18.4 Å². The SMILES string of the molecule is CCCN1CCN(c2ncc(NS(=O)(=O)c3ccc(C(C)C)cc3Cl)c(C)n2)CC1. The minimum Gasteiger partial charge on any atom is -0.338 e. The summed E-state index contributed by atoms with van der Waals surface area (Å²) in [7, 11) is -3.84. The molecule has 9 heteroatoms. The molecule has 0 atom stereocenters. The molecule has 0 radical (unpaired) electrons. The second-order valence-electron chi connectivity index (χ2n) is 7.95. The van der Waals surface area contributed by atoms with E-state index in [1.165, 1.54) is 6.20 Å². The van der Waals surface area contributed by atoms with Crippen molar-refractivity contribution in [3.8, 4) is 0 Å². The molecule has 2 heterocycles. The minimum atomic E-state index is -3.84. The summed E-state index contributed by atoms with van der Waals surface area (Å²) in [5, 5.41) is 0.203. The molecule has 0 bridgehead atoms. The number of rotatable bonds is 7.